The molecule has 4 nitrogen and oxygen atoms in total. The third kappa shape index (κ3) is 5.71. The highest BCUT2D eigenvalue weighted by molar-refractivity contribution is 7.99. The molecule has 1 amide bonds. The molecule has 1 heterocycles. The van der Waals surface area contributed by atoms with Gasteiger partial charge in [-0.05, 0) is 24.7 Å². The number of carbonyl (C=O) groups is 1. The summed E-state index contributed by atoms with van der Waals surface area (Å²) in [6.45, 7) is 6.13. The van der Waals surface area contributed by atoms with E-state index in [2.05, 4.69) is 24.5 Å². The number of hydrogen-bond acceptors (Lipinski definition) is 4. The second kappa shape index (κ2) is 8.82. The van der Waals surface area contributed by atoms with Crippen molar-refractivity contribution >= 4 is 17.7 Å². The van der Waals surface area contributed by atoms with Crippen molar-refractivity contribution < 1.29 is 9.90 Å². The Balaban J connectivity index is 2.34. The zero-order chi connectivity index (χ0) is 14.1. The smallest absolute Gasteiger partial charge is 0.221 e. The molecule has 1 rings (SSSR count). The van der Waals surface area contributed by atoms with Crippen LogP contribution in [0.1, 0.15) is 39.5 Å². The van der Waals surface area contributed by atoms with Crippen LogP contribution in [0.3, 0.4) is 0 Å². The first kappa shape index (κ1) is 16.8. The van der Waals surface area contributed by atoms with E-state index >= 15 is 0 Å². The van der Waals surface area contributed by atoms with Crippen LogP contribution in [0.2, 0.25) is 0 Å². The summed E-state index contributed by atoms with van der Waals surface area (Å²) >= 11 is 1.91. The quantitative estimate of drug-likeness (QED) is 0.631. The van der Waals surface area contributed by atoms with Crippen molar-refractivity contribution in [1.82, 2.24) is 10.6 Å². The van der Waals surface area contributed by atoms with Crippen LogP contribution in [-0.4, -0.2) is 48.3 Å². The fourth-order valence-corrected chi connectivity index (χ4v) is 3.46. The molecule has 1 unspecified atom stereocenters. The fourth-order valence-electron chi connectivity index (χ4n) is 2.51. The van der Waals surface area contributed by atoms with Crippen molar-refractivity contribution in [2.45, 2.75) is 45.6 Å². The molecule has 1 aliphatic rings. The van der Waals surface area contributed by atoms with Gasteiger partial charge in [-0.2, -0.15) is 11.8 Å². The molecule has 0 spiro atoms. The normalized spacial score (nSPS) is 20.3. The van der Waals surface area contributed by atoms with Crippen LogP contribution in [0, 0.1) is 5.41 Å². The van der Waals surface area contributed by atoms with Gasteiger partial charge in [0.05, 0.1) is 0 Å². The van der Waals surface area contributed by atoms with Crippen LogP contribution < -0.4 is 10.6 Å². The van der Waals surface area contributed by atoms with E-state index in [0.29, 0.717) is 19.0 Å². The summed E-state index contributed by atoms with van der Waals surface area (Å²) in [6.07, 6.45) is 3.30. The Morgan fingerprint density at radius 3 is 2.74 bits per heavy atom. The molecule has 1 saturated heterocycles. The van der Waals surface area contributed by atoms with Crippen LogP contribution in [-0.2, 0) is 4.79 Å². The van der Waals surface area contributed by atoms with Gasteiger partial charge in [0, 0.05) is 43.7 Å². The first-order valence-electron chi connectivity index (χ1n) is 7.34. The molecular formula is C14H28N2O2S. The lowest BCUT2D eigenvalue weighted by molar-refractivity contribution is -0.122. The summed E-state index contributed by atoms with van der Waals surface area (Å²) in [4.78, 5) is 12.0. The third-order valence-electron chi connectivity index (χ3n) is 4.23. The van der Waals surface area contributed by atoms with Crippen molar-refractivity contribution in [1.29, 1.82) is 0 Å². The number of aliphatic hydroxyl groups excluding tert-OH is 1. The number of amides is 1. The number of aliphatic hydroxyl groups is 1. The van der Waals surface area contributed by atoms with E-state index in [0.717, 1.165) is 37.3 Å². The van der Waals surface area contributed by atoms with Gasteiger partial charge in [-0.3, -0.25) is 4.79 Å². The number of carbonyl (C=O) groups excluding carboxylic acids is 1. The van der Waals surface area contributed by atoms with Crippen LogP contribution in [0.4, 0.5) is 0 Å². The summed E-state index contributed by atoms with van der Waals surface area (Å²) in [5.74, 6) is 2.30. The minimum atomic E-state index is 0.0547. The molecule has 0 aromatic carbocycles. The molecule has 19 heavy (non-hydrogen) atoms. The standard InChI is InChI=1S/C14H28N2O2S/c1-3-14(4-2,5-7-17)11-16-13(18)9-12-10-19-8-6-15-12/h12,15,17H,3-11H2,1-2H3,(H,16,18). The Labute approximate surface area is 121 Å². The molecule has 0 aromatic rings. The summed E-state index contributed by atoms with van der Waals surface area (Å²) in [5, 5.41) is 15.6. The Morgan fingerprint density at radius 1 is 1.47 bits per heavy atom. The first-order chi connectivity index (χ1) is 9.15. The molecule has 1 aliphatic heterocycles. The molecular weight excluding hydrogens is 260 g/mol. The Bertz CT molecular complexity index is 264. The van der Waals surface area contributed by atoms with Gasteiger partial charge in [-0.15, -0.1) is 0 Å². The Morgan fingerprint density at radius 2 is 2.21 bits per heavy atom. The molecule has 1 atom stereocenters. The van der Waals surface area contributed by atoms with Gasteiger partial charge in [-0.1, -0.05) is 13.8 Å². The molecule has 112 valence electrons. The summed E-state index contributed by atoms with van der Waals surface area (Å²) < 4.78 is 0. The minimum absolute atomic E-state index is 0.0547. The van der Waals surface area contributed by atoms with Gasteiger partial charge in [0.1, 0.15) is 0 Å². The van der Waals surface area contributed by atoms with Gasteiger partial charge in [-0.25, -0.2) is 0 Å². The monoisotopic (exact) mass is 288 g/mol. The third-order valence-corrected chi connectivity index (χ3v) is 5.36. The number of thioether (sulfide) groups is 1. The maximum atomic E-state index is 12.0. The van der Waals surface area contributed by atoms with E-state index in [4.69, 9.17) is 5.11 Å². The van der Waals surface area contributed by atoms with E-state index in [9.17, 15) is 4.79 Å². The lowest BCUT2D eigenvalue weighted by Crippen LogP contribution is -2.43. The average molecular weight is 288 g/mol. The van der Waals surface area contributed by atoms with Crippen molar-refractivity contribution in [2.24, 2.45) is 5.41 Å². The van der Waals surface area contributed by atoms with Gasteiger partial charge in [0.25, 0.3) is 0 Å². The minimum Gasteiger partial charge on any atom is -0.396 e. The lowest BCUT2D eigenvalue weighted by atomic mass is 9.79. The van der Waals surface area contributed by atoms with Gasteiger partial charge >= 0.3 is 0 Å². The average Bonchev–Trinajstić information content (AvgIpc) is 2.45. The second-order valence-corrected chi connectivity index (χ2v) is 6.54. The second-order valence-electron chi connectivity index (χ2n) is 5.39. The van der Waals surface area contributed by atoms with Crippen molar-refractivity contribution in [3.63, 3.8) is 0 Å². The first-order valence-corrected chi connectivity index (χ1v) is 8.50. The van der Waals surface area contributed by atoms with Crippen LogP contribution >= 0.6 is 11.8 Å². The number of hydrogen-bond donors (Lipinski definition) is 3. The molecule has 3 N–H and O–H groups in total. The van der Waals surface area contributed by atoms with Crippen molar-refractivity contribution in [3.8, 4) is 0 Å². The van der Waals surface area contributed by atoms with Crippen LogP contribution in [0.5, 0.6) is 0 Å². The van der Waals surface area contributed by atoms with Crippen molar-refractivity contribution in [3.05, 3.63) is 0 Å². The molecule has 0 aliphatic carbocycles. The SMILES string of the molecule is CCC(CC)(CCO)CNC(=O)CC1CSCCN1. The number of nitrogens with one attached hydrogen (secondary N) is 2. The summed E-state index contributed by atoms with van der Waals surface area (Å²) in [6, 6.07) is 0.314. The molecule has 0 aromatic heterocycles. The number of rotatable bonds is 8. The zero-order valence-electron chi connectivity index (χ0n) is 12.2. The molecule has 0 bridgehead atoms. The molecule has 0 radical (unpaired) electrons. The van der Waals surface area contributed by atoms with Crippen LogP contribution in [0.15, 0.2) is 0 Å². The Hall–Kier alpha value is -0.260. The predicted molar refractivity (Wildman–Crippen MR) is 81.5 cm³/mol. The Kier molecular flexibility index (Phi) is 7.80. The van der Waals surface area contributed by atoms with E-state index in [1.165, 1.54) is 0 Å². The molecule has 5 heteroatoms. The van der Waals surface area contributed by atoms with Crippen LogP contribution in [0.25, 0.3) is 0 Å². The van der Waals surface area contributed by atoms with Crippen molar-refractivity contribution in [2.75, 3.05) is 31.2 Å². The van der Waals surface area contributed by atoms with E-state index < -0.39 is 0 Å². The zero-order valence-corrected chi connectivity index (χ0v) is 13.0. The van der Waals surface area contributed by atoms with Gasteiger partial charge < -0.3 is 15.7 Å². The lowest BCUT2D eigenvalue weighted by Gasteiger charge is -2.31. The van der Waals surface area contributed by atoms with E-state index in [1.807, 2.05) is 11.8 Å². The van der Waals surface area contributed by atoms with Gasteiger partial charge in [0.15, 0.2) is 0 Å². The highest BCUT2D eigenvalue weighted by atomic mass is 32.2. The molecule has 0 saturated carbocycles. The highest BCUT2D eigenvalue weighted by Gasteiger charge is 2.26. The molecule has 1 fully saturated rings. The predicted octanol–water partition coefficient (Wildman–Crippen LogP) is 1.39. The highest BCUT2D eigenvalue weighted by Crippen LogP contribution is 2.29. The van der Waals surface area contributed by atoms with Gasteiger partial charge in [0.2, 0.25) is 5.91 Å². The maximum Gasteiger partial charge on any atom is 0.221 e. The van der Waals surface area contributed by atoms with E-state index in [1.54, 1.807) is 0 Å². The maximum absolute atomic E-state index is 12.0. The summed E-state index contributed by atoms with van der Waals surface area (Å²) in [7, 11) is 0. The topological polar surface area (TPSA) is 61.4 Å². The van der Waals surface area contributed by atoms with E-state index in [-0.39, 0.29) is 17.9 Å². The largest absolute Gasteiger partial charge is 0.396 e. The summed E-state index contributed by atoms with van der Waals surface area (Å²) in [5.41, 5.74) is 0.0547. The fraction of sp³-hybridized carbons (Fsp3) is 0.929.